The molecule has 1 amide bonds. The molecule has 5 rings (SSSR count). The zero-order valence-electron chi connectivity index (χ0n) is 17.3. The quantitative estimate of drug-likeness (QED) is 0.573. The number of nitrogens with zero attached hydrogens (tertiary/aromatic N) is 3. The van der Waals surface area contributed by atoms with Crippen LogP contribution in [0.5, 0.6) is 0 Å². The fourth-order valence-corrected chi connectivity index (χ4v) is 4.71. The van der Waals surface area contributed by atoms with E-state index < -0.39 is 0 Å². The lowest BCUT2D eigenvalue weighted by molar-refractivity contribution is -0.917. The highest BCUT2D eigenvalue weighted by Gasteiger charge is 2.25. The largest absolute Gasteiger partial charge is 0.341 e. The normalized spacial score (nSPS) is 15.2. The number of fused-ring (bicyclic) bond motifs is 3. The Labute approximate surface area is 176 Å². The Kier molecular flexibility index (Phi) is 4.97. The minimum absolute atomic E-state index is 0.0935. The molecule has 0 saturated carbocycles. The fourth-order valence-electron chi connectivity index (χ4n) is 4.71. The van der Waals surface area contributed by atoms with E-state index in [1.54, 1.807) is 12.4 Å². The Morgan fingerprint density at radius 1 is 1.00 bits per heavy atom. The summed E-state index contributed by atoms with van der Waals surface area (Å²) in [5.74, 6) is 0.0935. The topological polar surface area (TPSA) is 42.6 Å². The molecular weight excluding hydrogens is 372 g/mol. The van der Waals surface area contributed by atoms with Crippen LogP contribution in [-0.2, 0) is 13.1 Å². The van der Waals surface area contributed by atoms with Crippen molar-refractivity contribution in [1.82, 2.24) is 14.5 Å². The predicted octanol–water partition coefficient (Wildman–Crippen LogP) is 2.75. The summed E-state index contributed by atoms with van der Waals surface area (Å²) in [6, 6.07) is 19.2. The molecule has 0 atom stereocenters. The van der Waals surface area contributed by atoms with Gasteiger partial charge in [-0.25, -0.2) is 0 Å². The number of aryl methyl sites for hydroxylation is 1. The number of hydrogen-bond donors (Lipinski definition) is 1. The Morgan fingerprint density at radius 2 is 1.80 bits per heavy atom. The van der Waals surface area contributed by atoms with Crippen molar-refractivity contribution >= 4 is 27.7 Å². The molecule has 0 bridgehead atoms. The molecular formula is C25H27N4O+. The highest BCUT2D eigenvalue weighted by Crippen LogP contribution is 2.29. The highest BCUT2D eigenvalue weighted by atomic mass is 16.2. The molecule has 0 aliphatic carbocycles. The molecule has 0 unspecified atom stereocenters. The third-order valence-electron chi connectivity index (χ3n) is 6.27. The zero-order chi connectivity index (χ0) is 20.5. The molecule has 1 N–H and O–H groups in total. The van der Waals surface area contributed by atoms with Gasteiger partial charge in [0.05, 0.1) is 31.7 Å². The Morgan fingerprint density at radius 3 is 2.57 bits per heavy atom. The number of carbonyl (C=O) groups excluding carboxylic acids is 1. The van der Waals surface area contributed by atoms with Crippen molar-refractivity contribution < 1.29 is 9.69 Å². The molecule has 4 aromatic rings. The number of aromatic nitrogens is 2. The van der Waals surface area contributed by atoms with Crippen molar-refractivity contribution in [3.63, 3.8) is 0 Å². The van der Waals surface area contributed by atoms with E-state index in [9.17, 15) is 4.79 Å². The first kappa shape index (κ1) is 18.8. The van der Waals surface area contributed by atoms with Gasteiger partial charge in [-0.3, -0.25) is 9.78 Å². The van der Waals surface area contributed by atoms with Gasteiger partial charge in [0, 0.05) is 46.3 Å². The summed E-state index contributed by atoms with van der Waals surface area (Å²) in [6.07, 6.45) is 3.36. The Balaban J connectivity index is 1.31. The van der Waals surface area contributed by atoms with Gasteiger partial charge in [0.2, 0.25) is 0 Å². The van der Waals surface area contributed by atoms with Crippen LogP contribution in [0.15, 0.2) is 67.0 Å². The molecule has 0 radical (unpaired) electrons. The SMILES string of the molecule is CCn1c2ccccc2c2cc(C[NH+]3CCN(C(=O)c4cccnc4)CC3)ccc21. The zero-order valence-corrected chi connectivity index (χ0v) is 17.3. The average molecular weight is 400 g/mol. The third-order valence-corrected chi connectivity index (χ3v) is 6.27. The second kappa shape index (κ2) is 7.92. The summed E-state index contributed by atoms with van der Waals surface area (Å²) in [4.78, 5) is 20.2. The number of piperazine rings is 1. The Hall–Kier alpha value is -3.18. The van der Waals surface area contributed by atoms with Gasteiger partial charge in [-0.1, -0.05) is 24.3 Å². The molecule has 5 nitrogen and oxygen atoms in total. The van der Waals surface area contributed by atoms with Gasteiger partial charge in [0.15, 0.2) is 0 Å². The minimum atomic E-state index is 0.0935. The van der Waals surface area contributed by atoms with Crippen molar-refractivity contribution in [1.29, 1.82) is 0 Å². The smallest absolute Gasteiger partial charge is 0.255 e. The molecule has 1 aliphatic heterocycles. The molecule has 1 aliphatic rings. The van der Waals surface area contributed by atoms with E-state index in [-0.39, 0.29) is 5.91 Å². The lowest BCUT2D eigenvalue weighted by Gasteiger charge is -2.32. The molecule has 30 heavy (non-hydrogen) atoms. The van der Waals surface area contributed by atoms with Gasteiger partial charge in [-0.2, -0.15) is 0 Å². The van der Waals surface area contributed by atoms with Gasteiger partial charge in [-0.15, -0.1) is 0 Å². The summed E-state index contributed by atoms with van der Waals surface area (Å²) < 4.78 is 2.39. The Bertz CT molecular complexity index is 1190. The number of nitrogens with one attached hydrogen (secondary N) is 1. The van der Waals surface area contributed by atoms with E-state index in [1.165, 1.54) is 32.3 Å². The standard InChI is InChI=1S/C25H26N4O/c1-2-29-23-8-4-3-7-21(23)22-16-19(9-10-24(22)29)18-27-12-14-28(15-13-27)25(30)20-6-5-11-26-17-20/h3-11,16-17H,2,12-15,18H2,1H3/p+1. The van der Waals surface area contributed by atoms with Crippen LogP contribution >= 0.6 is 0 Å². The molecule has 2 aromatic carbocycles. The monoisotopic (exact) mass is 399 g/mol. The maximum absolute atomic E-state index is 12.6. The first-order valence-electron chi connectivity index (χ1n) is 10.8. The number of pyridine rings is 1. The molecule has 152 valence electrons. The number of para-hydroxylation sites is 1. The molecule has 1 fully saturated rings. The van der Waals surface area contributed by atoms with Gasteiger partial charge in [0.1, 0.15) is 6.54 Å². The second-order valence-corrected chi connectivity index (χ2v) is 8.07. The maximum Gasteiger partial charge on any atom is 0.255 e. The van der Waals surface area contributed by atoms with Crippen LogP contribution in [0.1, 0.15) is 22.8 Å². The van der Waals surface area contributed by atoms with Crippen molar-refractivity contribution in [2.24, 2.45) is 0 Å². The van der Waals surface area contributed by atoms with Crippen LogP contribution in [0.25, 0.3) is 21.8 Å². The maximum atomic E-state index is 12.6. The summed E-state index contributed by atoms with van der Waals surface area (Å²) in [5.41, 5.74) is 4.66. The van der Waals surface area contributed by atoms with Crippen LogP contribution in [0.3, 0.4) is 0 Å². The van der Waals surface area contributed by atoms with E-state index in [0.717, 1.165) is 39.3 Å². The number of carbonyl (C=O) groups is 1. The molecule has 0 spiro atoms. The molecule has 2 aromatic heterocycles. The molecule has 5 heteroatoms. The fraction of sp³-hybridized carbons (Fsp3) is 0.280. The van der Waals surface area contributed by atoms with E-state index in [1.807, 2.05) is 17.0 Å². The third kappa shape index (κ3) is 3.35. The van der Waals surface area contributed by atoms with Gasteiger partial charge < -0.3 is 14.4 Å². The lowest BCUT2D eigenvalue weighted by Crippen LogP contribution is -3.13. The van der Waals surface area contributed by atoms with Crippen LogP contribution in [0, 0.1) is 0 Å². The van der Waals surface area contributed by atoms with Gasteiger partial charge in [-0.05, 0) is 37.3 Å². The van der Waals surface area contributed by atoms with Crippen molar-refractivity contribution in [2.75, 3.05) is 26.2 Å². The average Bonchev–Trinajstić information content (AvgIpc) is 3.13. The predicted molar refractivity (Wildman–Crippen MR) is 120 cm³/mol. The van der Waals surface area contributed by atoms with E-state index in [2.05, 4.69) is 58.9 Å². The van der Waals surface area contributed by atoms with Crippen LogP contribution < -0.4 is 4.90 Å². The van der Waals surface area contributed by atoms with E-state index in [0.29, 0.717) is 5.56 Å². The minimum Gasteiger partial charge on any atom is -0.341 e. The number of quaternary nitrogens is 1. The summed E-state index contributed by atoms with van der Waals surface area (Å²) >= 11 is 0. The van der Waals surface area contributed by atoms with Crippen molar-refractivity contribution in [3.8, 4) is 0 Å². The number of amides is 1. The second-order valence-electron chi connectivity index (χ2n) is 8.07. The van der Waals surface area contributed by atoms with Crippen LogP contribution in [0.4, 0.5) is 0 Å². The highest BCUT2D eigenvalue weighted by molar-refractivity contribution is 6.08. The molecule has 3 heterocycles. The molecule has 1 saturated heterocycles. The summed E-state index contributed by atoms with van der Waals surface area (Å²) in [7, 11) is 0. The first-order valence-corrected chi connectivity index (χ1v) is 10.8. The summed E-state index contributed by atoms with van der Waals surface area (Å²) in [6.45, 7) is 7.71. The summed E-state index contributed by atoms with van der Waals surface area (Å²) in [5, 5.41) is 2.67. The lowest BCUT2D eigenvalue weighted by atomic mass is 10.1. The van der Waals surface area contributed by atoms with Gasteiger partial charge >= 0.3 is 0 Å². The van der Waals surface area contributed by atoms with Crippen molar-refractivity contribution in [2.45, 2.75) is 20.0 Å². The van der Waals surface area contributed by atoms with E-state index >= 15 is 0 Å². The number of benzene rings is 2. The van der Waals surface area contributed by atoms with E-state index in [4.69, 9.17) is 0 Å². The number of rotatable bonds is 4. The van der Waals surface area contributed by atoms with Crippen LogP contribution in [0.2, 0.25) is 0 Å². The number of hydrogen-bond acceptors (Lipinski definition) is 2. The first-order chi connectivity index (χ1) is 14.7. The van der Waals surface area contributed by atoms with Crippen LogP contribution in [-0.4, -0.2) is 46.5 Å². The van der Waals surface area contributed by atoms with Crippen molar-refractivity contribution in [3.05, 3.63) is 78.1 Å². The van der Waals surface area contributed by atoms with Gasteiger partial charge in [0.25, 0.3) is 5.91 Å².